The van der Waals surface area contributed by atoms with Crippen molar-refractivity contribution in [3.05, 3.63) is 23.5 Å². The number of carboxylic acid groups (broad SMARTS) is 3. The summed E-state index contributed by atoms with van der Waals surface area (Å²) in [6.07, 6.45) is -1.50. The molecule has 5 N–H and O–H groups in total. The van der Waals surface area contributed by atoms with Crippen molar-refractivity contribution >= 4 is 17.9 Å². The highest BCUT2D eigenvalue weighted by atomic mass is 16.4. The standard InChI is InChI=1S/C8H11NO.C6H8O7/c1-3-7-8(10)5-4-6(2)9-7;7-3(8)1-6(13,5(11)12)2-4(9)10/h4-5,10H,3H2,1-2H3;13H,1-2H2,(H,7,8)(H,9,10)(H,11,12). The van der Waals surface area contributed by atoms with Crippen LogP contribution in [-0.2, 0) is 20.8 Å². The molecule has 0 spiro atoms. The highest BCUT2D eigenvalue weighted by molar-refractivity contribution is 5.88. The quantitative estimate of drug-likeness (QED) is 0.496. The summed E-state index contributed by atoms with van der Waals surface area (Å²) >= 11 is 0. The van der Waals surface area contributed by atoms with E-state index in [1.165, 1.54) is 0 Å². The first kappa shape index (κ1) is 20.3. The number of hydrogen-bond donors (Lipinski definition) is 5. The largest absolute Gasteiger partial charge is 0.506 e. The number of aryl methyl sites for hydroxylation is 2. The van der Waals surface area contributed by atoms with Gasteiger partial charge in [0.15, 0.2) is 5.60 Å². The summed E-state index contributed by atoms with van der Waals surface area (Å²) in [4.78, 5) is 34.6. The summed E-state index contributed by atoms with van der Waals surface area (Å²) in [5.41, 5.74) is -1.01. The number of aromatic hydroxyl groups is 1. The number of nitrogens with zero attached hydrogens (tertiary/aromatic N) is 1. The molecule has 9 nitrogen and oxygen atoms in total. The number of aliphatic hydroxyl groups is 1. The molecule has 0 bridgehead atoms. The first-order chi connectivity index (χ1) is 10.5. The summed E-state index contributed by atoms with van der Waals surface area (Å²) in [6.45, 7) is 3.89. The van der Waals surface area contributed by atoms with E-state index in [0.29, 0.717) is 5.75 Å². The molecule has 0 aliphatic heterocycles. The van der Waals surface area contributed by atoms with E-state index >= 15 is 0 Å². The second-order valence-electron chi connectivity index (χ2n) is 4.75. The molecule has 0 radical (unpaired) electrons. The molecule has 1 aromatic heterocycles. The van der Waals surface area contributed by atoms with Crippen molar-refractivity contribution in [3.8, 4) is 5.75 Å². The normalized spacial score (nSPS) is 10.4. The third kappa shape index (κ3) is 7.23. The van der Waals surface area contributed by atoms with Gasteiger partial charge in [-0.25, -0.2) is 4.79 Å². The molecule has 1 rings (SSSR count). The first-order valence-electron chi connectivity index (χ1n) is 6.56. The van der Waals surface area contributed by atoms with Gasteiger partial charge in [0.05, 0.1) is 18.5 Å². The summed E-state index contributed by atoms with van der Waals surface area (Å²) in [5.74, 6) is -4.72. The van der Waals surface area contributed by atoms with Crippen LogP contribution in [0.25, 0.3) is 0 Å². The molecule has 0 fully saturated rings. The molecule has 0 atom stereocenters. The Morgan fingerprint density at radius 2 is 1.57 bits per heavy atom. The zero-order valence-corrected chi connectivity index (χ0v) is 12.7. The molecule has 1 heterocycles. The number of aliphatic carboxylic acids is 3. The van der Waals surface area contributed by atoms with E-state index in [-0.39, 0.29) is 0 Å². The van der Waals surface area contributed by atoms with Crippen LogP contribution in [-0.4, -0.2) is 54.0 Å². The lowest BCUT2D eigenvalue weighted by molar-refractivity contribution is -0.170. The van der Waals surface area contributed by atoms with Crippen LogP contribution in [0.4, 0.5) is 0 Å². The van der Waals surface area contributed by atoms with Crippen molar-refractivity contribution in [2.75, 3.05) is 0 Å². The predicted octanol–water partition coefficient (Wildman–Crippen LogP) is 0.410. The van der Waals surface area contributed by atoms with Gasteiger partial charge in [-0.05, 0) is 25.5 Å². The number of aromatic nitrogens is 1. The Balaban J connectivity index is 0.000000433. The summed E-state index contributed by atoms with van der Waals surface area (Å²) in [6, 6.07) is 3.48. The van der Waals surface area contributed by atoms with Crippen LogP contribution in [0.5, 0.6) is 5.75 Å². The number of rotatable bonds is 6. The molecule has 128 valence electrons. The molecule has 9 heteroatoms. The maximum absolute atomic E-state index is 10.3. The van der Waals surface area contributed by atoms with Crippen molar-refractivity contribution in [3.63, 3.8) is 0 Å². The lowest BCUT2D eigenvalue weighted by Crippen LogP contribution is -2.42. The van der Waals surface area contributed by atoms with Gasteiger partial charge in [-0.15, -0.1) is 0 Å². The Hall–Kier alpha value is -2.68. The highest BCUT2D eigenvalue weighted by Gasteiger charge is 2.40. The molecule has 0 unspecified atom stereocenters. The van der Waals surface area contributed by atoms with Crippen molar-refractivity contribution in [2.45, 2.75) is 38.7 Å². The molecule has 0 aliphatic rings. The van der Waals surface area contributed by atoms with Gasteiger partial charge in [0, 0.05) is 5.69 Å². The van der Waals surface area contributed by atoms with E-state index in [9.17, 15) is 19.5 Å². The molecular formula is C14H19NO8. The molecule has 0 saturated carbocycles. The fraction of sp³-hybridized carbons (Fsp3) is 0.429. The number of hydrogen-bond acceptors (Lipinski definition) is 6. The summed E-state index contributed by atoms with van der Waals surface area (Å²) in [7, 11) is 0. The Kier molecular flexibility index (Phi) is 7.68. The fourth-order valence-electron chi connectivity index (χ4n) is 1.58. The zero-order chi connectivity index (χ0) is 18.2. The average molecular weight is 329 g/mol. The molecule has 0 aromatic carbocycles. The van der Waals surface area contributed by atoms with Crippen LogP contribution in [0.15, 0.2) is 12.1 Å². The van der Waals surface area contributed by atoms with Crippen LogP contribution >= 0.6 is 0 Å². The van der Waals surface area contributed by atoms with Gasteiger partial charge in [0.1, 0.15) is 5.75 Å². The Morgan fingerprint density at radius 1 is 1.09 bits per heavy atom. The minimum Gasteiger partial charge on any atom is -0.506 e. The summed E-state index contributed by atoms with van der Waals surface area (Å²) in [5, 5.41) is 43.0. The molecular weight excluding hydrogens is 310 g/mol. The van der Waals surface area contributed by atoms with Crippen molar-refractivity contribution in [1.29, 1.82) is 0 Å². The lowest BCUT2D eigenvalue weighted by Gasteiger charge is -2.18. The summed E-state index contributed by atoms with van der Waals surface area (Å²) < 4.78 is 0. The second kappa shape index (κ2) is 8.69. The van der Waals surface area contributed by atoms with Gasteiger partial charge in [-0.1, -0.05) is 6.92 Å². The molecule has 0 saturated heterocycles. The molecule has 0 aliphatic carbocycles. The lowest BCUT2D eigenvalue weighted by atomic mass is 9.96. The molecule has 1 aromatic rings. The van der Waals surface area contributed by atoms with E-state index in [0.717, 1.165) is 17.8 Å². The Morgan fingerprint density at radius 3 is 1.87 bits per heavy atom. The van der Waals surface area contributed by atoms with Gasteiger partial charge in [0.2, 0.25) is 0 Å². The fourth-order valence-corrected chi connectivity index (χ4v) is 1.58. The minimum atomic E-state index is -2.74. The Bertz CT molecular complexity index is 568. The van der Waals surface area contributed by atoms with Crippen molar-refractivity contribution < 1.29 is 39.9 Å². The maximum Gasteiger partial charge on any atom is 0.336 e. The number of pyridine rings is 1. The molecule has 0 amide bonds. The maximum atomic E-state index is 10.3. The Labute approximate surface area is 131 Å². The topological polar surface area (TPSA) is 165 Å². The smallest absolute Gasteiger partial charge is 0.336 e. The van der Waals surface area contributed by atoms with Crippen molar-refractivity contribution in [2.24, 2.45) is 0 Å². The minimum absolute atomic E-state index is 0.299. The second-order valence-corrected chi connectivity index (χ2v) is 4.75. The number of carbonyl (C=O) groups is 3. The third-order valence-electron chi connectivity index (χ3n) is 2.71. The van der Waals surface area contributed by atoms with E-state index in [1.807, 2.05) is 13.8 Å². The first-order valence-corrected chi connectivity index (χ1v) is 6.56. The van der Waals surface area contributed by atoms with E-state index < -0.39 is 36.4 Å². The predicted molar refractivity (Wildman–Crippen MR) is 77.1 cm³/mol. The van der Waals surface area contributed by atoms with Crippen LogP contribution in [0.3, 0.4) is 0 Å². The molecule has 23 heavy (non-hydrogen) atoms. The monoisotopic (exact) mass is 329 g/mol. The van der Waals surface area contributed by atoms with Crippen molar-refractivity contribution in [1.82, 2.24) is 4.98 Å². The van der Waals surface area contributed by atoms with Gasteiger partial charge in [0.25, 0.3) is 0 Å². The van der Waals surface area contributed by atoms with E-state index in [4.69, 9.17) is 20.4 Å². The van der Waals surface area contributed by atoms with Gasteiger partial charge >= 0.3 is 17.9 Å². The van der Waals surface area contributed by atoms with Crippen LogP contribution < -0.4 is 0 Å². The van der Waals surface area contributed by atoms with Crippen LogP contribution in [0, 0.1) is 6.92 Å². The van der Waals surface area contributed by atoms with Crippen LogP contribution in [0.2, 0.25) is 0 Å². The van der Waals surface area contributed by atoms with Gasteiger partial charge in [-0.2, -0.15) is 0 Å². The zero-order valence-electron chi connectivity index (χ0n) is 12.7. The van der Waals surface area contributed by atoms with Gasteiger partial charge in [-0.3, -0.25) is 14.6 Å². The van der Waals surface area contributed by atoms with Gasteiger partial charge < -0.3 is 25.5 Å². The van der Waals surface area contributed by atoms with E-state index in [1.54, 1.807) is 12.1 Å². The third-order valence-corrected chi connectivity index (χ3v) is 2.71. The van der Waals surface area contributed by atoms with E-state index in [2.05, 4.69) is 4.98 Å². The van der Waals surface area contributed by atoms with Crippen LogP contribution in [0.1, 0.15) is 31.2 Å². The average Bonchev–Trinajstić information content (AvgIpc) is 2.40. The highest BCUT2D eigenvalue weighted by Crippen LogP contribution is 2.16. The SMILES string of the molecule is CCc1nc(C)ccc1O.O=C(O)CC(O)(CC(=O)O)C(=O)O. The number of carboxylic acids is 3.